The Kier molecular flexibility index (Phi) is 3.77. The fourth-order valence-electron chi connectivity index (χ4n) is 1.05. The summed E-state index contributed by atoms with van der Waals surface area (Å²) in [5.41, 5.74) is -0.0843. The van der Waals surface area contributed by atoms with Gasteiger partial charge in [0.05, 0.1) is 5.41 Å². The fourth-order valence-corrected chi connectivity index (χ4v) is 1.05. The van der Waals surface area contributed by atoms with E-state index in [4.69, 9.17) is 5.11 Å². The lowest BCUT2D eigenvalue weighted by atomic mass is 9.94. The summed E-state index contributed by atoms with van der Waals surface area (Å²) >= 11 is 0. The third-order valence-corrected chi connectivity index (χ3v) is 2.31. The average molecular weight is 237 g/mol. The molecule has 1 aromatic rings. The minimum atomic E-state index is -1.00. The molecule has 0 aliphatic carbocycles. The topological polar surface area (TPSA) is 92.2 Å². The molecule has 0 spiro atoms. The van der Waals surface area contributed by atoms with Gasteiger partial charge in [-0.25, -0.2) is 9.97 Å². The van der Waals surface area contributed by atoms with E-state index in [0.717, 1.165) is 0 Å². The van der Waals surface area contributed by atoms with Crippen molar-refractivity contribution < 1.29 is 14.7 Å². The van der Waals surface area contributed by atoms with Gasteiger partial charge in [-0.1, -0.05) is 0 Å². The van der Waals surface area contributed by atoms with E-state index in [9.17, 15) is 9.59 Å². The Bertz CT molecular complexity index is 443. The van der Waals surface area contributed by atoms with Crippen molar-refractivity contribution in [2.45, 2.75) is 20.8 Å². The number of aryl methyl sites for hydroxylation is 1. The number of hydrogen-bond acceptors (Lipinski definition) is 4. The van der Waals surface area contributed by atoms with Gasteiger partial charge in [0, 0.05) is 12.2 Å². The molecule has 92 valence electrons. The number of aromatic nitrogens is 2. The van der Waals surface area contributed by atoms with Crippen LogP contribution in [0.25, 0.3) is 0 Å². The molecule has 1 rings (SSSR count). The van der Waals surface area contributed by atoms with Gasteiger partial charge in [0.1, 0.15) is 12.0 Å². The quantitative estimate of drug-likeness (QED) is 0.801. The summed E-state index contributed by atoms with van der Waals surface area (Å²) < 4.78 is 0. The molecule has 6 heteroatoms. The number of carboxylic acid groups (broad SMARTS) is 1. The molecule has 0 saturated heterocycles. The van der Waals surface area contributed by atoms with Crippen molar-refractivity contribution in [3.8, 4) is 0 Å². The maximum Gasteiger partial charge on any atom is 0.310 e. The minimum Gasteiger partial charge on any atom is -0.481 e. The summed E-state index contributed by atoms with van der Waals surface area (Å²) in [5.74, 6) is -1.36. The van der Waals surface area contributed by atoms with E-state index in [1.165, 1.54) is 6.33 Å². The zero-order valence-corrected chi connectivity index (χ0v) is 10.0. The molecule has 0 unspecified atom stereocenters. The van der Waals surface area contributed by atoms with Crippen LogP contribution in [0, 0.1) is 12.3 Å². The summed E-state index contributed by atoms with van der Waals surface area (Å²) in [6, 6.07) is 1.54. The molecule has 0 radical (unpaired) electrons. The van der Waals surface area contributed by atoms with Crippen LogP contribution in [-0.2, 0) is 4.79 Å². The Morgan fingerprint density at radius 1 is 1.41 bits per heavy atom. The lowest BCUT2D eigenvalue weighted by molar-refractivity contribution is -0.146. The molecule has 1 amide bonds. The average Bonchev–Trinajstić information content (AvgIpc) is 2.25. The van der Waals surface area contributed by atoms with Crippen molar-refractivity contribution in [3.63, 3.8) is 0 Å². The van der Waals surface area contributed by atoms with Crippen LogP contribution in [0.1, 0.15) is 30.0 Å². The third-order valence-electron chi connectivity index (χ3n) is 2.31. The van der Waals surface area contributed by atoms with Gasteiger partial charge < -0.3 is 10.4 Å². The molecule has 1 aromatic heterocycles. The summed E-state index contributed by atoms with van der Waals surface area (Å²) in [7, 11) is 0. The molecular formula is C11H15N3O3. The Morgan fingerprint density at radius 3 is 2.59 bits per heavy atom. The summed E-state index contributed by atoms with van der Waals surface area (Å²) in [6.07, 6.45) is 1.30. The van der Waals surface area contributed by atoms with Gasteiger partial charge in [-0.05, 0) is 26.8 Å². The first-order chi connectivity index (χ1) is 7.83. The number of nitrogens with one attached hydrogen (secondary N) is 1. The smallest absolute Gasteiger partial charge is 0.310 e. The SMILES string of the molecule is Cc1cc(C(=O)NCC(C)(C)C(=O)O)ncn1. The maximum atomic E-state index is 11.7. The van der Waals surface area contributed by atoms with E-state index in [-0.39, 0.29) is 12.2 Å². The van der Waals surface area contributed by atoms with Gasteiger partial charge >= 0.3 is 5.97 Å². The number of rotatable bonds is 4. The number of carbonyl (C=O) groups is 2. The van der Waals surface area contributed by atoms with Crippen LogP contribution in [0.2, 0.25) is 0 Å². The van der Waals surface area contributed by atoms with Crippen molar-refractivity contribution in [1.82, 2.24) is 15.3 Å². The van der Waals surface area contributed by atoms with Gasteiger partial charge in [-0.2, -0.15) is 0 Å². The molecule has 0 aromatic carbocycles. The van der Waals surface area contributed by atoms with Gasteiger partial charge in [-0.3, -0.25) is 9.59 Å². The zero-order chi connectivity index (χ0) is 13.1. The summed E-state index contributed by atoms with van der Waals surface area (Å²) in [6.45, 7) is 4.88. The largest absolute Gasteiger partial charge is 0.481 e. The van der Waals surface area contributed by atoms with Crippen LogP contribution in [0.3, 0.4) is 0 Å². The molecule has 17 heavy (non-hydrogen) atoms. The van der Waals surface area contributed by atoms with E-state index in [0.29, 0.717) is 5.69 Å². The molecule has 2 N–H and O–H groups in total. The fraction of sp³-hybridized carbons (Fsp3) is 0.455. The first kappa shape index (κ1) is 13.1. The standard InChI is InChI=1S/C11H15N3O3/c1-7-4-8(14-6-13-7)9(15)12-5-11(2,3)10(16)17/h4,6H,5H2,1-3H3,(H,12,15)(H,16,17). The van der Waals surface area contributed by atoms with Crippen molar-refractivity contribution in [1.29, 1.82) is 0 Å². The van der Waals surface area contributed by atoms with Gasteiger partial charge in [-0.15, -0.1) is 0 Å². The molecule has 6 nitrogen and oxygen atoms in total. The highest BCUT2D eigenvalue weighted by Crippen LogP contribution is 2.13. The number of nitrogens with zero attached hydrogens (tertiary/aromatic N) is 2. The lowest BCUT2D eigenvalue weighted by Gasteiger charge is -2.19. The van der Waals surface area contributed by atoms with Crippen molar-refractivity contribution in [2.24, 2.45) is 5.41 Å². The number of hydrogen-bond donors (Lipinski definition) is 2. The number of carboxylic acids is 1. The highest BCUT2D eigenvalue weighted by atomic mass is 16.4. The van der Waals surface area contributed by atoms with Crippen molar-refractivity contribution >= 4 is 11.9 Å². The molecule has 0 aliphatic heterocycles. The van der Waals surface area contributed by atoms with E-state index in [1.54, 1.807) is 26.8 Å². The first-order valence-corrected chi connectivity index (χ1v) is 5.13. The molecule has 0 saturated carbocycles. The lowest BCUT2D eigenvalue weighted by Crippen LogP contribution is -2.39. The second kappa shape index (κ2) is 4.90. The van der Waals surface area contributed by atoms with Crippen LogP contribution in [0.5, 0.6) is 0 Å². The Morgan fingerprint density at radius 2 is 2.06 bits per heavy atom. The molecule has 0 aliphatic rings. The Balaban J connectivity index is 2.65. The minimum absolute atomic E-state index is 0.0459. The predicted molar refractivity (Wildman–Crippen MR) is 60.5 cm³/mol. The highest BCUT2D eigenvalue weighted by Gasteiger charge is 2.27. The van der Waals surface area contributed by atoms with Crippen LogP contribution in [-0.4, -0.2) is 33.5 Å². The number of aliphatic carboxylic acids is 1. The second-order valence-electron chi connectivity index (χ2n) is 4.42. The second-order valence-corrected chi connectivity index (χ2v) is 4.42. The van der Waals surface area contributed by atoms with Gasteiger partial charge in [0.2, 0.25) is 0 Å². The van der Waals surface area contributed by atoms with Crippen LogP contribution >= 0.6 is 0 Å². The van der Waals surface area contributed by atoms with E-state index < -0.39 is 17.3 Å². The third kappa shape index (κ3) is 3.51. The van der Waals surface area contributed by atoms with Gasteiger partial charge in [0.15, 0.2) is 0 Å². The monoisotopic (exact) mass is 237 g/mol. The van der Waals surface area contributed by atoms with Crippen LogP contribution < -0.4 is 5.32 Å². The van der Waals surface area contributed by atoms with Crippen LogP contribution in [0.4, 0.5) is 0 Å². The summed E-state index contributed by atoms with van der Waals surface area (Å²) in [4.78, 5) is 30.2. The van der Waals surface area contributed by atoms with E-state index in [2.05, 4.69) is 15.3 Å². The van der Waals surface area contributed by atoms with E-state index >= 15 is 0 Å². The zero-order valence-electron chi connectivity index (χ0n) is 10.0. The Labute approximate surface area is 99.1 Å². The van der Waals surface area contributed by atoms with E-state index in [1.807, 2.05) is 0 Å². The van der Waals surface area contributed by atoms with Gasteiger partial charge in [0.25, 0.3) is 5.91 Å². The molecular weight excluding hydrogens is 222 g/mol. The highest BCUT2D eigenvalue weighted by molar-refractivity contribution is 5.92. The maximum absolute atomic E-state index is 11.7. The van der Waals surface area contributed by atoms with Crippen molar-refractivity contribution in [2.75, 3.05) is 6.54 Å². The predicted octanol–water partition coefficient (Wildman–Crippen LogP) is 0.626. The summed E-state index contributed by atoms with van der Waals surface area (Å²) in [5, 5.41) is 11.4. The molecule has 1 heterocycles. The number of amides is 1. The first-order valence-electron chi connectivity index (χ1n) is 5.13. The molecule has 0 atom stereocenters. The number of carbonyl (C=O) groups excluding carboxylic acids is 1. The van der Waals surface area contributed by atoms with Crippen molar-refractivity contribution in [3.05, 3.63) is 23.8 Å². The molecule has 0 fully saturated rings. The molecule has 0 bridgehead atoms. The van der Waals surface area contributed by atoms with Crippen LogP contribution in [0.15, 0.2) is 12.4 Å². The Hall–Kier alpha value is -1.98. The normalized spacial score (nSPS) is 11.0.